The lowest BCUT2D eigenvalue weighted by Gasteiger charge is -2.27. The molecule has 0 amide bonds. The number of ether oxygens (including phenoxy) is 2. The molecule has 3 aromatic rings. The van der Waals surface area contributed by atoms with Crippen LogP contribution in [0.1, 0.15) is 65.9 Å². The van der Waals surface area contributed by atoms with Crippen molar-refractivity contribution in [2.24, 2.45) is 0 Å². The third-order valence-electron chi connectivity index (χ3n) is 6.39. The van der Waals surface area contributed by atoms with Crippen LogP contribution in [0.25, 0.3) is 0 Å². The number of rotatable bonds is 7. The molecule has 0 aromatic heterocycles. The normalized spacial score (nSPS) is 12.0. The van der Waals surface area contributed by atoms with Crippen LogP contribution >= 0.6 is 0 Å². The first-order valence-electron chi connectivity index (χ1n) is 11.2. The summed E-state index contributed by atoms with van der Waals surface area (Å²) in [5, 5.41) is 9.86. The zero-order valence-electron chi connectivity index (χ0n) is 20.7. The predicted molar refractivity (Wildman–Crippen MR) is 132 cm³/mol. The molecule has 174 valence electrons. The maximum atomic E-state index is 12.7. The molecule has 0 spiro atoms. The Balaban J connectivity index is 1.76. The minimum Gasteiger partial charge on any atom is -0.508 e. The van der Waals surface area contributed by atoms with Crippen LogP contribution in [0.5, 0.6) is 11.5 Å². The highest BCUT2D eigenvalue weighted by molar-refractivity contribution is 5.91. The van der Waals surface area contributed by atoms with E-state index in [9.17, 15) is 9.90 Å². The number of aryl methyl sites for hydroxylation is 2. The highest BCUT2D eigenvalue weighted by Gasteiger charge is 2.25. The molecule has 4 nitrogen and oxygen atoms in total. The summed E-state index contributed by atoms with van der Waals surface area (Å²) >= 11 is 0. The average molecular weight is 447 g/mol. The molecule has 3 rings (SSSR count). The number of aromatic hydroxyl groups is 1. The Bertz CT molecular complexity index is 1140. The Hall–Kier alpha value is -3.11. The van der Waals surface area contributed by atoms with E-state index in [1.807, 2.05) is 64.1 Å². The van der Waals surface area contributed by atoms with Crippen LogP contribution in [0.2, 0.25) is 0 Å². The van der Waals surface area contributed by atoms with Gasteiger partial charge in [0.1, 0.15) is 11.5 Å². The van der Waals surface area contributed by atoms with Gasteiger partial charge in [0.2, 0.25) is 0 Å². The predicted octanol–water partition coefficient (Wildman–Crippen LogP) is 6.52. The van der Waals surface area contributed by atoms with Crippen molar-refractivity contribution >= 4 is 5.97 Å². The number of methoxy groups -OCH3 is 1. The van der Waals surface area contributed by atoms with Gasteiger partial charge >= 0.3 is 5.97 Å². The Kier molecular flexibility index (Phi) is 6.99. The lowest BCUT2D eigenvalue weighted by Crippen LogP contribution is -2.25. The maximum Gasteiger partial charge on any atom is 0.343 e. The smallest absolute Gasteiger partial charge is 0.343 e. The quantitative estimate of drug-likeness (QED) is 0.331. The van der Waals surface area contributed by atoms with Crippen LogP contribution in [0.4, 0.5) is 0 Å². The van der Waals surface area contributed by atoms with Gasteiger partial charge < -0.3 is 14.6 Å². The second-order valence-electron chi connectivity index (χ2n) is 9.83. The molecule has 0 fully saturated rings. The number of hydrogen-bond acceptors (Lipinski definition) is 4. The van der Waals surface area contributed by atoms with Gasteiger partial charge in [-0.25, -0.2) is 4.79 Å². The fourth-order valence-corrected chi connectivity index (χ4v) is 3.84. The van der Waals surface area contributed by atoms with E-state index >= 15 is 0 Å². The van der Waals surface area contributed by atoms with Crippen LogP contribution in [0, 0.1) is 13.8 Å². The topological polar surface area (TPSA) is 55.8 Å². The summed E-state index contributed by atoms with van der Waals surface area (Å²) in [5.41, 5.74) is 5.05. The van der Waals surface area contributed by atoms with E-state index in [-0.39, 0.29) is 17.0 Å². The molecule has 0 heterocycles. The molecular formula is C29H34O4. The number of carbonyl (C=O) groups excluding carboxylic acids is 1. The van der Waals surface area contributed by atoms with Gasteiger partial charge in [-0.3, -0.25) is 0 Å². The zero-order chi connectivity index (χ0) is 24.4. The summed E-state index contributed by atoms with van der Waals surface area (Å²) < 4.78 is 11.2. The molecule has 0 atom stereocenters. The van der Waals surface area contributed by atoms with E-state index in [1.165, 1.54) is 0 Å². The first-order valence-corrected chi connectivity index (χ1v) is 11.2. The van der Waals surface area contributed by atoms with Crippen molar-refractivity contribution in [2.75, 3.05) is 7.11 Å². The molecule has 0 saturated carbocycles. The van der Waals surface area contributed by atoms with E-state index in [4.69, 9.17) is 9.47 Å². The van der Waals surface area contributed by atoms with Crippen molar-refractivity contribution < 1.29 is 19.4 Å². The van der Waals surface area contributed by atoms with Gasteiger partial charge in [-0.2, -0.15) is 0 Å². The Morgan fingerprint density at radius 2 is 1.42 bits per heavy atom. The lowest BCUT2D eigenvalue weighted by atomic mass is 9.77. The molecule has 0 unspecified atom stereocenters. The van der Waals surface area contributed by atoms with Crippen molar-refractivity contribution in [3.8, 4) is 11.5 Å². The van der Waals surface area contributed by atoms with Crippen LogP contribution in [0.15, 0.2) is 60.7 Å². The fraction of sp³-hybridized carbons (Fsp3) is 0.345. The number of carbonyl (C=O) groups is 1. The third-order valence-corrected chi connectivity index (χ3v) is 6.39. The van der Waals surface area contributed by atoms with Crippen LogP contribution in [-0.4, -0.2) is 23.8 Å². The highest BCUT2D eigenvalue weighted by Crippen LogP contribution is 2.35. The molecule has 1 N–H and O–H groups in total. The molecule has 0 aliphatic heterocycles. The second kappa shape index (κ2) is 9.40. The van der Waals surface area contributed by atoms with E-state index < -0.39 is 0 Å². The molecule has 3 aromatic carbocycles. The fourth-order valence-electron chi connectivity index (χ4n) is 3.84. The van der Waals surface area contributed by atoms with Gasteiger partial charge in [-0.05, 0) is 79.8 Å². The molecule has 4 heteroatoms. The van der Waals surface area contributed by atoms with Crippen molar-refractivity contribution in [3.05, 3.63) is 94.0 Å². The van der Waals surface area contributed by atoms with E-state index in [0.29, 0.717) is 17.1 Å². The summed E-state index contributed by atoms with van der Waals surface area (Å²) in [6, 6.07) is 19.1. The van der Waals surface area contributed by atoms with Gasteiger partial charge in [-0.15, -0.1) is 0 Å². The van der Waals surface area contributed by atoms with E-state index in [1.54, 1.807) is 25.3 Å². The molecule has 0 aliphatic carbocycles. The van der Waals surface area contributed by atoms with Crippen molar-refractivity contribution in [1.82, 2.24) is 0 Å². The minimum atomic E-state index is -0.378. The summed E-state index contributed by atoms with van der Waals surface area (Å²) in [6.07, 6.45) is 0.760. The first-order chi connectivity index (χ1) is 15.4. The van der Waals surface area contributed by atoms with Gasteiger partial charge in [0.25, 0.3) is 0 Å². The van der Waals surface area contributed by atoms with Crippen molar-refractivity contribution in [3.63, 3.8) is 0 Å². The number of hydrogen-bond donors (Lipinski definition) is 1. The Morgan fingerprint density at radius 3 is 1.97 bits per heavy atom. The third kappa shape index (κ3) is 5.63. The van der Waals surface area contributed by atoms with Crippen LogP contribution in [0.3, 0.4) is 0 Å². The zero-order valence-corrected chi connectivity index (χ0v) is 20.7. The van der Waals surface area contributed by atoms with Crippen molar-refractivity contribution in [1.29, 1.82) is 0 Å². The summed E-state index contributed by atoms with van der Waals surface area (Å²) in [7, 11) is 1.70. The molecule has 0 aliphatic rings. The number of phenols is 1. The van der Waals surface area contributed by atoms with Gasteiger partial charge in [0.05, 0.1) is 11.2 Å². The largest absolute Gasteiger partial charge is 0.508 e. The maximum absolute atomic E-state index is 12.7. The monoisotopic (exact) mass is 446 g/mol. The van der Waals surface area contributed by atoms with Crippen LogP contribution < -0.4 is 4.74 Å². The first kappa shape index (κ1) is 24.5. The Labute approximate surface area is 197 Å². The molecule has 0 radical (unpaired) electrons. The summed E-state index contributed by atoms with van der Waals surface area (Å²) in [5.74, 6) is 0.464. The van der Waals surface area contributed by atoms with Crippen molar-refractivity contribution in [2.45, 2.75) is 59.0 Å². The molecule has 33 heavy (non-hydrogen) atoms. The summed E-state index contributed by atoms with van der Waals surface area (Å²) in [6.45, 7) is 12.2. The number of esters is 1. The van der Waals surface area contributed by atoms with Crippen LogP contribution in [-0.2, 0) is 16.6 Å². The SMILES string of the molecule is COC(C)(C)Cc1ccc(C(=O)Oc2ccc(C(C)(C)c3ccc(O)c(C)c3)cc2C)cc1. The average Bonchev–Trinajstić information content (AvgIpc) is 2.77. The highest BCUT2D eigenvalue weighted by atomic mass is 16.5. The van der Waals surface area contributed by atoms with E-state index in [2.05, 4.69) is 19.9 Å². The number of phenolic OH excluding ortho intramolecular Hbond substituents is 1. The molecule has 0 saturated heterocycles. The standard InChI is InChI=1S/C29H34O4/c1-19-16-23(12-14-25(19)30)29(5,6)24-13-15-26(20(2)17-24)33-27(31)22-10-8-21(9-11-22)18-28(3,4)32-7/h8-17,30H,18H2,1-7H3. The molecular weight excluding hydrogens is 412 g/mol. The van der Waals surface area contributed by atoms with Gasteiger partial charge in [-0.1, -0.05) is 50.2 Å². The van der Waals surface area contributed by atoms with Gasteiger partial charge in [0, 0.05) is 18.9 Å². The lowest BCUT2D eigenvalue weighted by molar-refractivity contribution is 0.0232. The number of benzene rings is 3. The van der Waals surface area contributed by atoms with E-state index in [0.717, 1.165) is 34.2 Å². The Morgan fingerprint density at radius 1 is 0.848 bits per heavy atom. The van der Waals surface area contributed by atoms with Gasteiger partial charge in [0.15, 0.2) is 0 Å². The molecule has 0 bridgehead atoms. The minimum absolute atomic E-state index is 0.256. The summed E-state index contributed by atoms with van der Waals surface area (Å²) in [4.78, 5) is 12.7. The second-order valence-corrected chi connectivity index (χ2v) is 9.83.